The molecular formula is C27H30N4O2S. The Bertz CT molecular complexity index is 1200. The van der Waals surface area contributed by atoms with Crippen molar-refractivity contribution in [3.8, 4) is 11.8 Å². The van der Waals surface area contributed by atoms with E-state index in [-0.39, 0.29) is 12.5 Å². The summed E-state index contributed by atoms with van der Waals surface area (Å²) >= 11 is 1.40. The van der Waals surface area contributed by atoms with Gasteiger partial charge in [0, 0.05) is 52.9 Å². The summed E-state index contributed by atoms with van der Waals surface area (Å²) in [7, 11) is 1.37. The summed E-state index contributed by atoms with van der Waals surface area (Å²) in [4.78, 5) is 19.2. The highest BCUT2D eigenvalue weighted by molar-refractivity contribution is 7.97. The van der Waals surface area contributed by atoms with E-state index < -0.39 is 0 Å². The molecule has 0 saturated carbocycles. The number of hydrogen-bond acceptors (Lipinski definition) is 5. The molecular weight excluding hydrogens is 444 g/mol. The number of methoxy groups -OCH3 is 1. The van der Waals surface area contributed by atoms with Crippen LogP contribution >= 0.6 is 11.9 Å². The van der Waals surface area contributed by atoms with Crippen molar-refractivity contribution in [2.75, 3.05) is 13.7 Å². The summed E-state index contributed by atoms with van der Waals surface area (Å²) in [5, 5.41) is 1.32. The summed E-state index contributed by atoms with van der Waals surface area (Å²) < 4.78 is 9.59. The Balaban J connectivity index is 0.000000266. The Kier molecular flexibility index (Phi) is 10.3. The second-order valence-corrected chi connectivity index (χ2v) is 8.56. The molecule has 0 amide bonds. The molecule has 0 aliphatic rings. The highest BCUT2D eigenvalue weighted by Crippen LogP contribution is 2.16. The minimum atomic E-state index is -0.280. The van der Waals surface area contributed by atoms with Gasteiger partial charge >= 0.3 is 5.97 Å². The number of benzene rings is 2. The van der Waals surface area contributed by atoms with Gasteiger partial charge in [0.15, 0.2) is 0 Å². The molecule has 0 aliphatic carbocycles. The Labute approximate surface area is 205 Å². The van der Waals surface area contributed by atoms with Gasteiger partial charge in [-0.2, -0.15) is 0 Å². The minimum absolute atomic E-state index is 0.182. The Morgan fingerprint density at radius 3 is 2.74 bits per heavy atom. The highest BCUT2D eigenvalue weighted by atomic mass is 32.2. The number of carbonyl (C=O) groups is 1. The van der Waals surface area contributed by atoms with Crippen LogP contribution in [0.4, 0.5) is 0 Å². The van der Waals surface area contributed by atoms with Gasteiger partial charge in [-0.25, -0.2) is 9.71 Å². The lowest BCUT2D eigenvalue weighted by Crippen LogP contribution is -2.17. The zero-order chi connectivity index (χ0) is 24.0. The summed E-state index contributed by atoms with van der Waals surface area (Å²) in [5.74, 6) is 6.10. The van der Waals surface area contributed by atoms with Crippen LogP contribution in [0.15, 0.2) is 78.3 Å². The lowest BCUT2D eigenvalue weighted by molar-refractivity contribution is -0.139. The third-order valence-electron chi connectivity index (χ3n) is 5.04. The summed E-state index contributed by atoms with van der Waals surface area (Å²) in [6.07, 6.45) is 10.7. The highest BCUT2D eigenvalue weighted by Gasteiger charge is 2.00. The number of nitrogens with zero attached hydrogens (tertiary/aromatic N) is 2. The summed E-state index contributed by atoms with van der Waals surface area (Å²) in [5.41, 5.74) is 3.54. The van der Waals surface area contributed by atoms with Gasteiger partial charge in [0.1, 0.15) is 6.54 Å². The SMILES string of the molecule is COC(=O)CNSc1ccc(C#CCCCCn2ccnc2)cc1.Cc1c[nH]c2ccccc12. The largest absolute Gasteiger partial charge is 0.468 e. The van der Waals surface area contributed by atoms with Crippen LogP contribution in [0.1, 0.15) is 30.4 Å². The zero-order valence-electron chi connectivity index (χ0n) is 19.6. The second-order valence-electron chi connectivity index (χ2n) is 7.60. The average Bonchev–Trinajstić information content (AvgIpc) is 3.53. The zero-order valence-corrected chi connectivity index (χ0v) is 20.4. The van der Waals surface area contributed by atoms with Gasteiger partial charge in [0.2, 0.25) is 0 Å². The first-order valence-corrected chi connectivity index (χ1v) is 12.0. The quantitative estimate of drug-likeness (QED) is 0.156. The minimum Gasteiger partial charge on any atom is -0.468 e. The molecule has 0 fully saturated rings. The molecule has 7 heteroatoms. The molecule has 0 unspecified atom stereocenters. The van der Waals surface area contributed by atoms with Crippen LogP contribution in [0, 0.1) is 18.8 Å². The predicted molar refractivity (Wildman–Crippen MR) is 138 cm³/mol. The van der Waals surface area contributed by atoms with E-state index in [2.05, 4.69) is 61.0 Å². The van der Waals surface area contributed by atoms with E-state index in [1.165, 1.54) is 35.5 Å². The number of ether oxygens (including phenoxy) is 1. The first-order chi connectivity index (χ1) is 16.7. The molecule has 34 heavy (non-hydrogen) atoms. The van der Waals surface area contributed by atoms with E-state index >= 15 is 0 Å². The number of rotatable bonds is 8. The maximum Gasteiger partial charge on any atom is 0.320 e. The van der Waals surface area contributed by atoms with Crippen molar-refractivity contribution in [3.63, 3.8) is 0 Å². The van der Waals surface area contributed by atoms with E-state index in [1.54, 1.807) is 6.20 Å². The van der Waals surface area contributed by atoms with Crippen LogP contribution < -0.4 is 4.72 Å². The number of esters is 1. The van der Waals surface area contributed by atoms with Crippen molar-refractivity contribution in [1.29, 1.82) is 0 Å². The number of nitrogens with one attached hydrogen (secondary N) is 2. The molecule has 0 bridgehead atoms. The van der Waals surface area contributed by atoms with Crippen LogP contribution in [-0.4, -0.2) is 34.2 Å². The molecule has 2 heterocycles. The number of hydrogen-bond donors (Lipinski definition) is 2. The van der Waals surface area contributed by atoms with Gasteiger partial charge in [-0.3, -0.25) is 4.79 Å². The van der Waals surface area contributed by atoms with Crippen molar-refractivity contribution >= 4 is 28.8 Å². The van der Waals surface area contributed by atoms with E-state index in [1.807, 2.05) is 49.1 Å². The number of aryl methyl sites for hydroxylation is 2. The van der Waals surface area contributed by atoms with Crippen molar-refractivity contribution in [1.82, 2.24) is 19.3 Å². The van der Waals surface area contributed by atoms with Crippen LogP contribution in [-0.2, 0) is 16.1 Å². The molecule has 4 aromatic rings. The van der Waals surface area contributed by atoms with Crippen LogP contribution in [0.5, 0.6) is 0 Å². The summed E-state index contributed by atoms with van der Waals surface area (Å²) in [6.45, 7) is 3.28. The Morgan fingerprint density at radius 2 is 2.00 bits per heavy atom. The molecule has 0 aliphatic heterocycles. The summed E-state index contributed by atoms with van der Waals surface area (Å²) in [6, 6.07) is 16.3. The third kappa shape index (κ3) is 8.47. The Hall–Kier alpha value is -3.47. The molecule has 176 valence electrons. The standard InChI is InChI=1S/C18H21N3O2S.C9H9N/c1-23-18(22)14-20-24-17-9-7-16(8-10-17)6-4-2-3-5-12-21-13-11-19-15-21;1-7-6-10-9-5-3-2-4-8(7)9/h7-11,13,15,20H,2-3,5,12,14H2,1H3;2-6,10H,1H3. The van der Waals surface area contributed by atoms with Crippen LogP contribution in [0.2, 0.25) is 0 Å². The van der Waals surface area contributed by atoms with Crippen molar-refractivity contribution in [2.24, 2.45) is 0 Å². The van der Waals surface area contributed by atoms with Crippen LogP contribution in [0.25, 0.3) is 10.9 Å². The maximum atomic E-state index is 11.0. The number of unbranched alkanes of at least 4 members (excludes halogenated alkanes) is 2. The predicted octanol–water partition coefficient (Wildman–Crippen LogP) is 5.35. The van der Waals surface area contributed by atoms with Gasteiger partial charge in [0.25, 0.3) is 0 Å². The molecule has 2 aromatic heterocycles. The van der Waals surface area contributed by atoms with E-state index in [9.17, 15) is 4.79 Å². The molecule has 0 spiro atoms. The monoisotopic (exact) mass is 474 g/mol. The average molecular weight is 475 g/mol. The topological polar surface area (TPSA) is 71.9 Å². The number of carbonyl (C=O) groups excluding carboxylic acids is 1. The first kappa shape index (κ1) is 25.2. The molecule has 4 rings (SSSR count). The van der Waals surface area contributed by atoms with Crippen molar-refractivity contribution in [2.45, 2.75) is 37.6 Å². The third-order valence-corrected chi connectivity index (χ3v) is 5.84. The van der Waals surface area contributed by atoms with Crippen molar-refractivity contribution < 1.29 is 9.53 Å². The van der Waals surface area contributed by atoms with E-state index in [0.717, 1.165) is 36.3 Å². The number of aromatic nitrogens is 3. The number of aromatic amines is 1. The van der Waals surface area contributed by atoms with Crippen molar-refractivity contribution in [3.05, 3.63) is 84.6 Å². The molecule has 2 aromatic carbocycles. The number of H-pyrrole nitrogens is 1. The molecule has 0 radical (unpaired) electrons. The second kappa shape index (κ2) is 13.9. The molecule has 2 N–H and O–H groups in total. The lowest BCUT2D eigenvalue weighted by Gasteiger charge is -2.02. The smallest absolute Gasteiger partial charge is 0.320 e. The fourth-order valence-corrected chi connectivity index (χ4v) is 3.79. The van der Waals surface area contributed by atoms with E-state index in [0.29, 0.717) is 0 Å². The number of fused-ring (bicyclic) bond motifs is 1. The van der Waals surface area contributed by atoms with Gasteiger partial charge in [-0.05, 0) is 67.6 Å². The van der Waals surface area contributed by atoms with Gasteiger partial charge in [-0.1, -0.05) is 30.0 Å². The fraction of sp³-hybridized carbons (Fsp3) is 0.259. The van der Waals surface area contributed by atoms with Gasteiger partial charge in [-0.15, -0.1) is 0 Å². The Morgan fingerprint density at radius 1 is 1.18 bits per heavy atom. The molecule has 0 saturated heterocycles. The first-order valence-electron chi connectivity index (χ1n) is 11.2. The maximum absolute atomic E-state index is 11.0. The van der Waals surface area contributed by atoms with E-state index in [4.69, 9.17) is 0 Å². The number of imidazole rings is 1. The fourth-order valence-electron chi connectivity index (χ4n) is 3.16. The van der Waals surface area contributed by atoms with Gasteiger partial charge in [0.05, 0.1) is 13.4 Å². The normalized spacial score (nSPS) is 10.2. The van der Waals surface area contributed by atoms with Gasteiger partial charge < -0.3 is 14.3 Å². The molecule has 6 nitrogen and oxygen atoms in total. The molecule has 0 atom stereocenters. The lowest BCUT2D eigenvalue weighted by atomic mass is 10.2. The van der Waals surface area contributed by atoms with Crippen LogP contribution in [0.3, 0.4) is 0 Å². The number of para-hydroxylation sites is 1.